The van der Waals surface area contributed by atoms with Crippen molar-refractivity contribution in [3.63, 3.8) is 0 Å². The molecule has 1 saturated heterocycles. The van der Waals surface area contributed by atoms with E-state index < -0.39 is 0 Å². The molecule has 2 rings (SSSR count). The molecule has 1 aliphatic rings. The molecular weight excluding hydrogens is 360 g/mol. The minimum atomic E-state index is 0.0143. The Balaban J connectivity index is 2.14. The minimum absolute atomic E-state index is 0.0143. The molecule has 0 aromatic carbocycles. The number of ether oxygens (including phenoxy) is 1. The molecule has 0 radical (unpaired) electrons. The van der Waals surface area contributed by atoms with Gasteiger partial charge in [0.15, 0.2) is 5.78 Å². The van der Waals surface area contributed by atoms with Crippen LogP contribution in [0.15, 0.2) is 10.7 Å². The standard InChI is InChI=1S/C13H19BrN2O2S2/c1-8-9(2)20-11(7-19-8)13(17)12-10(14)6-15-16(12)4-5-18-3/h6,8-9,11H,4-5,7H2,1-3H3. The molecule has 0 N–H and O–H groups in total. The summed E-state index contributed by atoms with van der Waals surface area (Å²) in [5.74, 6) is 1.04. The van der Waals surface area contributed by atoms with Gasteiger partial charge in [-0.1, -0.05) is 13.8 Å². The Labute approximate surface area is 136 Å². The second-order valence-corrected chi connectivity index (χ2v) is 8.64. The molecule has 3 atom stereocenters. The molecule has 0 aliphatic carbocycles. The maximum atomic E-state index is 12.8. The van der Waals surface area contributed by atoms with E-state index in [4.69, 9.17) is 4.74 Å². The molecule has 1 aliphatic heterocycles. The highest BCUT2D eigenvalue weighted by atomic mass is 79.9. The summed E-state index contributed by atoms with van der Waals surface area (Å²) in [7, 11) is 1.65. The number of carbonyl (C=O) groups excluding carboxylic acids is 1. The normalized spacial score (nSPS) is 26.7. The van der Waals surface area contributed by atoms with Crippen molar-refractivity contribution in [2.75, 3.05) is 19.5 Å². The van der Waals surface area contributed by atoms with Gasteiger partial charge in [-0.25, -0.2) is 0 Å². The van der Waals surface area contributed by atoms with Gasteiger partial charge in [0.2, 0.25) is 0 Å². The highest BCUT2D eigenvalue weighted by Gasteiger charge is 2.33. The van der Waals surface area contributed by atoms with E-state index in [2.05, 4.69) is 34.9 Å². The fourth-order valence-corrected chi connectivity index (χ4v) is 5.37. The number of carbonyl (C=O) groups is 1. The number of thioether (sulfide) groups is 2. The van der Waals surface area contributed by atoms with Crippen LogP contribution in [0.4, 0.5) is 0 Å². The van der Waals surface area contributed by atoms with Crippen LogP contribution in [0.5, 0.6) is 0 Å². The van der Waals surface area contributed by atoms with Crippen LogP contribution in [0.25, 0.3) is 0 Å². The Morgan fingerprint density at radius 1 is 1.55 bits per heavy atom. The van der Waals surface area contributed by atoms with E-state index in [1.165, 1.54) is 0 Å². The van der Waals surface area contributed by atoms with Gasteiger partial charge in [0.25, 0.3) is 0 Å². The monoisotopic (exact) mass is 378 g/mol. The molecule has 4 nitrogen and oxygen atoms in total. The summed E-state index contributed by atoms with van der Waals surface area (Å²) in [6, 6.07) is 0. The molecule has 2 heterocycles. The number of hydrogen-bond acceptors (Lipinski definition) is 5. The molecule has 112 valence electrons. The number of rotatable bonds is 5. The van der Waals surface area contributed by atoms with Gasteiger partial charge in [0.05, 0.1) is 29.1 Å². The lowest BCUT2D eigenvalue weighted by Gasteiger charge is -2.30. The van der Waals surface area contributed by atoms with Crippen molar-refractivity contribution in [3.8, 4) is 0 Å². The molecule has 20 heavy (non-hydrogen) atoms. The van der Waals surface area contributed by atoms with Crippen molar-refractivity contribution < 1.29 is 9.53 Å². The first kappa shape index (κ1) is 16.4. The fraction of sp³-hybridized carbons (Fsp3) is 0.692. The van der Waals surface area contributed by atoms with Gasteiger partial charge < -0.3 is 4.74 Å². The lowest BCUT2D eigenvalue weighted by atomic mass is 10.2. The predicted octanol–water partition coefficient (Wildman–Crippen LogP) is 3.10. The van der Waals surface area contributed by atoms with Crippen LogP contribution in [-0.4, -0.2) is 50.8 Å². The first-order valence-corrected chi connectivity index (χ1v) is 9.34. The van der Waals surface area contributed by atoms with Crippen LogP contribution < -0.4 is 0 Å². The van der Waals surface area contributed by atoms with Crippen LogP contribution in [0.3, 0.4) is 0 Å². The Kier molecular flexibility index (Phi) is 6.01. The van der Waals surface area contributed by atoms with Crippen molar-refractivity contribution >= 4 is 45.2 Å². The molecule has 1 aromatic heterocycles. The Hall–Kier alpha value is 0.0200. The van der Waals surface area contributed by atoms with Gasteiger partial charge in [0.1, 0.15) is 5.69 Å². The van der Waals surface area contributed by atoms with E-state index in [1.54, 1.807) is 29.8 Å². The fourth-order valence-electron chi connectivity index (χ4n) is 2.03. The first-order valence-electron chi connectivity index (χ1n) is 6.56. The van der Waals surface area contributed by atoms with Crippen LogP contribution >= 0.6 is 39.5 Å². The molecule has 1 aromatic rings. The van der Waals surface area contributed by atoms with E-state index >= 15 is 0 Å². The van der Waals surface area contributed by atoms with Crippen molar-refractivity contribution in [2.45, 2.75) is 36.1 Å². The average Bonchev–Trinajstić information content (AvgIpc) is 2.80. The molecule has 0 saturated carbocycles. The van der Waals surface area contributed by atoms with E-state index in [-0.39, 0.29) is 11.0 Å². The lowest BCUT2D eigenvalue weighted by Crippen LogP contribution is -2.33. The van der Waals surface area contributed by atoms with Crippen LogP contribution in [0.2, 0.25) is 0 Å². The second-order valence-electron chi connectivity index (χ2n) is 4.79. The average molecular weight is 379 g/mol. The zero-order valence-electron chi connectivity index (χ0n) is 11.8. The number of hydrogen-bond donors (Lipinski definition) is 0. The number of aromatic nitrogens is 2. The molecule has 7 heteroatoms. The van der Waals surface area contributed by atoms with E-state index in [9.17, 15) is 4.79 Å². The minimum Gasteiger partial charge on any atom is -0.383 e. The summed E-state index contributed by atoms with van der Waals surface area (Å²) in [6.07, 6.45) is 1.69. The molecule has 1 fully saturated rings. The van der Waals surface area contributed by atoms with Crippen molar-refractivity contribution in [3.05, 3.63) is 16.4 Å². The van der Waals surface area contributed by atoms with Crippen LogP contribution in [-0.2, 0) is 11.3 Å². The summed E-state index contributed by atoms with van der Waals surface area (Å²) < 4.78 is 7.58. The van der Waals surface area contributed by atoms with Gasteiger partial charge in [0, 0.05) is 23.4 Å². The predicted molar refractivity (Wildman–Crippen MR) is 88.9 cm³/mol. The highest BCUT2D eigenvalue weighted by Crippen LogP contribution is 2.37. The summed E-state index contributed by atoms with van der Waals surface area (Å²) in [5.41, 5.74) is 0.668. The van der Waals surface area contributed by atoms with Crippen molar-refractivity contribution in [1.82, 2.24) is 9.78 Å². The number of Topliss-reactive ketones (excluding diaryl/α,β-unsaturated/α-hetero) is 1. The lowest BCUT2D eigenvalue weighted by molar-refractivity contribution is 0.0980. The van der Waals surface area contributed by atoms with Gasteiger partial charge in [-0.3, -0.25) is 9.48 Å². The molecular formula is C13H19BrN2O2S2. The maximum absolute atomic E-state index is 12.8. The number of methoxy groups -OCH3 is 1. The SMILES string of the molecule is COCCn1ncc(Br)c1C(=O)C1CSC(C)C(C)S1. The third-order valence-corrected chi connectivity index (χ3v) is 7.35. The maximum Gasteiger partial charge on any atom is 0.195 e. The zero-order valence-corrected chi connectivity index (χ0v) is 15.1. The Morgan fingerprint density at radius 2 is 2.30 bits per heavy atom. The van der Waals surface area contributed by atoms with Crippen LogP contribution in [0, 0.1) is 0 Å². The Morgan fingerprint density at radius 3 is 2.95 bits per heavy atom. The first-order chi connectivity index (χ1) is 9.54. The summed E-state index contributed by atoms with van der Waals surface area (Å²) in [6.45, 7) is 5.56. The highest BCUT2D eigenvalue weighted by molar-refractivity contribution is 9.10. The summed E-state index contributed by atoms with van der Waals surface area (Å²) >= 11 is 7.10. The topological polar surface area (TPSA) is 44.1 Å². The number of halogens is 1. The zero-order chi connectivity index (χ0) is 14.7. The van der Waals surface area contributed by atoms with Gasteiger partial charge >= 0.3 is 0 Å². The van der Waals surface area contributed by atoms with Crippen molar-refractivity contribution in [2.24, 2.45) is 0 Å². The molecule has 3 unspecified atom stereocenters. The van der Waals surface area contributed by atoms with E-state index in [0.717, 1.165) is 10.2 Å². The van der Waals surface area contributed by atoms with Crippen molar-refractivity contribution in [1.29, 1.82) is 0 Å². The molecule has 0 bridgehead atoms. The third-order valence-electron chi connectivity index (χ3n) is 3.38. The Bertz CT molecular complexity index is 481. The molecule has 0 spiro atoms. The smallest absolute Gasteiger partial charge is 0.195 e. The number of ketones is 1. The largest absolute Gasteiger partial charge is 0.383 e. The summed E-state index contributed by atoms with van der Waals surface area (Å²) in [4.78, 5) is 12.8. The van der Waals surface area contributed by atoms with Gasteiger partial charge in [-0.15, -0.1) is 11.8 Å². The second kappa shape index (κ2) is 7.33. The van der Waals surface area contributed by atoms with Crippen LogP contribution in [0.1, 0.15) is 24.3 Å². The quantitative estimate of drug-likeness (QED) is 0.736. The number of nitrogens with zero attached hydrogens (tertiary/aromatic N) is 2. The third kappa shape index (κ3) is 3.61. The van der Waals surface area contributed by atoms with E-state index in [0.29, 0.717) is 29.3 Å². The van der Waals surface area contributed by atoms with Gasteiger partial charge in [-0.05, 0) is 15.9 Å². The van der Waals surface area contributed by atoms with Gasteiger partial charge in [-0.2, -0.15) is 16.9 Å². The molecule has 0 amide bonds. The van der Waals surface area contributed by atoms with E-state index in [1.807, 2.05) is 11.8 Å². The summed E-state index contributed by atoms with van der Waals surface area (Å²) in [5, 5.41) is 5.37.